The number of benzene rings is 1. The summed E-state index contributed by atoms with van der Waals surface area (Å²) in [5.41, 5.74) is 2.95. The molecule has 0 spiro atoms. The van der Waals surface area contributed by atoms with E-state index in [9.17, 15) is 4.79 Å². The maximum Gasteiger partial charge on any atom is 0.224 e. The van der Waals surface area contributed by atoms with Gasteiger partial charge in [0.05, 0.1) is 19.3 Å². The lowest BCUT2D eigenvalue weighted by atomic mass is 10.0. The molecule has 29 heavy (non-hydrogen) atoms. The number of nitrogens with one attached hydrogen (secondary N) is 1. The second kappa shape index (κ2) is 8.68. The predicted octanol–water partition coefficient (Wildman–Crippen LogP) is 3.42. The monoisotopic (exact) mass is 396 g/mol. The van der Waals surface area contributed by atoms with E-state index in [0.717, 1.165) is 54.3 Å². The number of aromatic nitrogens is 2. The molecular weight excluding hydrogens is 368 g/mol. The van der Waals surface area contributed by atoms with Gasteiger partial charge in [-0.2, -0.15) is 0 Å². The number of anilines is 1. The van der Waals surface area contributed by atoms with Gasteiger partial charge < -0.3 is 19.7 Å². The van der Waals surface area contributed by atoms with Crippen LogP contribution in [0.5, 0.6) is 11.5 Å². The second-order valence-corrected chi connectivity index (χ2v) is 7.65. The average molecular weight is 396 g/mol. The number of hydrogen-bond acceptors (Lipinski definition) is 6. The van der Waals surface area contributed by atoms with Gasteiger partial charge in [-0.3, -0.25) is 4.79 Å². The highest BCUT2D eigenvalue weighted by Crippen LogP contribution is 2.38. The third kappa shape index (κ3) is 4.60. The van der Waals surface area contributed by atoms with Crippen LogP contribution in [0.2, 0.25) is 0 Å². The van der Waals surface area contributed by atoms with Gasteiger partial charge in [0.2, 0.25) is 11.9 Å². The molecule has 0 aliphatic carbocycles. The molecule has 1 amide bonds. The quantitative estimate of drug-likeness (QED) is 0.835. The molecule has 1 saturated heterocycles. The van der Waals surface area contributed by atoms with Gasteiger partial charge in [0.15, 0.2) is 11.5 Å². The highest BCUT2D eigenvalue weighted by Gasteiger charge is 2.30. The summed E-state index contributed by atoms with van der Waals surface area (Å²) >= 11 is 0. The Balaban J connectivity index is 1.39. The molecule has 1 N–H and O–H groups in total. The maximum absolute atomic E-state index is 12.9. The number of likely N-dealkylation sites (tertiary alicyclic amines) is 1. The first-order chi connectivity index (χ1) is 14.1. The van der Waals surface area contributed by atoms with Crippen molar-refractivity contribution < 1.29 is 14.3 Å². The van der Waals surface area contributed by atoms with Crippen molar-refractivity contribution in [2.75, 3.05) is 31.6 Å². The van der Waals surface area contributed by atoms with Crippen LogP contribution in [-0.2, 0) is 4.79 Å². The highest BCUT2D eigenvalue weighted by atomic mass is 16.5. The summed E-state index contributed by atoms with van der Waals surface area (Å²) in [6, 6.07) is 8.09. The fraction of sp³-hybridized carbons (Fsp3) is 0.500. The fourth-order valence-electron chi connectivity index (χ4n) is 4.03. The van der Waals surface area contributed by atoms with Crippen molar-refractivity contribution in [1.29, 1.82) is 0 Å². The second-order valence-electron chi connectivity index (χ2n) is 7.65. The van der Waals surface area contributed by atoms with Crippen LogP contribution in [0, 0.1) is 13.8 Å². The van der Waals surface area contributed by atoms with Crippen molar-refractivity contribution >= 4 is 11.9 Å². The first-order valence-electron chi connectivity index (χ1n) is 10.4. The number of fused-ring (bicyclic) bond motifs is 1. The number of hydrogen-bond donors (Lipinski definition) is 1. The number of aryl methyl sites for hydroxylation is 2. The molecule has 0 radical (unpaired) electrons. The molecular formula is C22H28N4O3. The van der Waals surface area contributed by atoms with E-state index in [0.29, 0.717) is 32.1 Å². The van der Waals surface area contributed by atoms with Crippen LogP contribution in [-0.4, -0.2) is 47.1 Å². The number of rotatable bonds is 5. The molecule has 0 saturated carbocycles. The van der Waals surface area contributed by atoms with Gasteiger partial charge in [-0.1, -0.05) is 6.07 Å². The first kappa shape index (κ1) is 19.5. The van der Waals surface area contributed by atoms with E-state index in [1.165, 1.54) is 0 Å². The molecule has 2 aromatic rings. The molecule has 2 aliphatic rings. The molecule has 7 nitrogen and oxygen atoms in total. The topological polar surface area (TPSA) is 76.6 Å². The van der Waals surface area contributed by atoms with Gasteiger partial charge in [-0.15, -0.1) is 0 Å². The minimum atomic E-state index is 0.0946. The summed E-state index contributed by atoms with van der Waals surface area (Å²) in [4.78, 5) is 23.6. The van der Waals surface area contributed by atoms with Crippen molar-refractivity contribution in [1.82, 2.24) is 14.9 Å². The molecule has 1 aromatic carbocycles. The van der Waals surface area contributed by atoms with Crippen molar-refractivity contribution in [2.45, 2.75) is 45.6 Å². The molecule has 1 aromatic heterocycles. The summed E-state index contributed by atoms with van der Waals surface area (Å²) in [6.45, 7) is 6.53. The molecule has 7 heteroatoms. The van der Waals surface area contributed by atoms with E-state index in [1.54, 1.807) is 0 Å². The van der Waals surface area contributed by atoms with E-state index in [1.807, 2.05) is 36.9 Å². The van der Waals surface area contributed by atoms with Crippen LogP contribution in [0.15, 0.2) is 24.3 Å². The lowest BCUT2D eigenvalue weighted by Gasteiger charge is -2.26. The Morgan fingerprint density at radius 1 is 1.10 bits per heavy atom. The van der Waals surface area contributed by atoms with Crippen molar-refractivity contribution in [2.24, 2.45) is 0 Å². The number of amides is 1. The number of carbonyl (C=O) groups excluding carboxylic acids is 1. The SMILES string of the molecule is Cc1cc(C)nc(NCCC(=O)N2CCC[C@@H]2c2ccc3c(c2)OCCCO3)n1. The van der Waals surface area contributed by atoms with Crippen LogP contribution in [0.1, 0.15) is 48.7 Å². The van der Waals surface area contributed by atoms with Gasteiger partial charge in [0, 0.05) is 37.3 Å². The largest absolute Gasteiger partial charge is 0.490 e. The molecule has 0 unspecified atom stereocenters. The zero-order valence-corrected chi connectivity index (χ0v) is 17.1. The number of nitrogens with zero attached hydrogens (tertiary/aromatic N) is 3. The van der Waals surface area contributed by atoms with E-state index >= 15 is 0 Å². The van der Waals surface area contributed by atoms with Crippen LogP contribution in [0.3, 0.4) is 0 Å². The van der Waals surface area contributed by atoms with Gasteiger partial charge in [0.1, 0.15) is 0 Å². The van der Waals surface area contributed by atoms with Crippen LogP contribution >= 0.6 is 0 Å². The van der Waals surface area contributed by atoms with Gasteiger partial charge >= 0.3 is 0 Å². The van der Waals surface area contributed by atoms with Crippen molar-refractivity contribution in [3.05, 3.63) is 41.2 Å². The Morgan fingerprint density at radius 3 is 2.66 bits per heavy atom. The Labute approximate surface area is 171 Å². The first-order valence-corrected chi connectivity index (χ1v) is 10.4. The highest BCUT2D eigenvalue weighted by molar-refractivity contribution is 5.77. The molecule has 1 fully saturated rings. The Hall–Kier alpha value is -2.83. The summed E-state index contributed by atoms with van der Waals surface area (Å²) in [5, 5.41) is 3.18. The van der Waals surface area contributed by atoms with Crippen LogP contribution in [0.25, 0.3) is 0 Å². The lowest BCUT2D eigenvalue weighted by molar-refractivity contribution is -0.131. The third-order valence-corrected chi connectivity index (χ3v) is 5.33. The number of ether oxygens (including phenoxy) is 2. The van der Waals surface area contributed by atoms with Gasteiger partial charge in [-0.05, 0) is 50.5 Å². The van der Waals surface area contributed by atoms with Crippen molar-refractivity contribution in [3.8, 4) is 11.5 Å². The fourth-order valence-corrected chi connectivity index (χ4v) is 4.03. The number of carbonyl (C=O) groups is 1. The summed E-state index contributed by atoms with van der Waals surface area (Å²) in [6.07, 6.45) is 3.28. The zero-order valence-electron chi connectivity index (χ0n) is 17.1. The summed E-state index contributed by atoms with van der Waals surface area (Å²) in [7, 11) is 0. The maximum atomic E-state index is 12.9. The normalized spacial score (nSPS) is 18.4. The third-order valence-electron chi connectivity index (χ3n) is 5.33. The lowest BCUT2D eigenvalue weighted by Crippen LogP contribution is -2.31. The molecule has 0 bridgehead atoms. The molecule has 3 heterocycles. The van der Waals surface area contributed by atoms with Crippen LogP contribution in [0.4, 0.5) is 5.95 Å². The van der Waals surface area contributed by atoms with E-state index in [4.69, 9.17) is 9.47 Å². The average Bonchev–Trinajstić information content (AvgIpc) is 3.06. The Kier molecular flexibility index (Phi) is 5.83. The standard InChI is InChI=1S/C22H28N4O3/c1-15-13-16(2)25-22(24-15)23-9-8-21(27)26-10-3-5-18(26)17-6-7-19-20(14-17)29-12-4-11-28-19/h6-7,13-14,18H,3-5,8-12H2,1-2H3,(H,23,24,25)/t18-/m1/s1. The summed E-state index contributed by atoms with van der Waals surface area (Å²) < 4.78 is 11.6. The molecule has 1 atom stereocenters. The van der Waals surface area contributed by atoms with Crippen LogP contribution < -0.4 is 14.8 Å². The predicted molar refractivity (Wildman–Crippen MR) is 110 cm³/mol. The Morgan fingerprint density at radius 2 is 1.86 bits per heavy atom. The van der Waals surface area contributed by atoms with E-state index in [2.05, 4.69) is 21.4 Å². The molecule has 154 valence electrons. The smallest absolute Gasteiger partial charge is 0.224 e. The minimum Gasteiger partial charge on any atom is -0.490 e. The van der Waals surface area contributed by atoms with E-state index in [-0.39, 0.29) is 11.9 Å². The molecule has 2 aliphatic heterocycles. The summed E-state index contributed by atoms with van der Waals surface area (Å²) in [5.74, 6) is 2.31. The minimum absolute atomic E-state index is 0.0946. The molecule has 4 rings (SSSR count). The van der Waals surface area contributed by atoms with Gasteiger partial charge in [0.25, 0.3) is 0 Å². The Bertz CT molecular complexity index is 866. The zero-order chi connectivity index (χ0) is 20.2. The van der Waals surface area contributed by atoms with E-state index < -0.39 is 0 Å². The van der Waals surface area contributed by atoms with Crippen molar-refractivity contribution in [3.63, 3.8) is 0 Å². The van der Waals surface area contributed by atoms with Gasteiger partial charge in [-0.25, -0.2) is 9.97 Å².